The van der Waals surface area contributed by atoms with E-state index in [-0.39, 0.29) is 12.5 Å². The number of hydrogen-bond donors (Lipinski definition) is 1. The maximum atomic E-state index is 12.2. The maximum Gasteiger partial charge on any atom is 0.262 e. The van der Waals surface area contributed by atoms with E-state index in [0.29, 0.717) is 28.5 Å². The predicted octanol–water partition coefficient (Wildman–Crippen LogP) is 4.68. The van der Waals surface area contributed by atoms with E-state index >= 15 is 0 Å². The summed E-state index contributed by atoms with van der Waals surface area (Å²) in [5.41, 5.74) is 2.24. The number of benzene rings is 3. The molecule has 0 atom stereocenters. The van der Waals surface area contributed by atoms with E-state index in [1.165, 1.54) is 0 Å². The lowest BCUT2D eigenvalue weighted by Crippen LogP contribution is -2.20. The molecule has 0 heterocycles. The Bertz CT molecular complexity index is 958. The highest BCUT2D eigenvalue weighted by molar-refractivity contribution is 5.93. The fourth-order valence-corrected chi connectivity index (χ4v) is 2.35. The molecule has 0 saturated carbocycles. The Morgan fingerprint density at radius 1 is 0.963 bits per heavy atom. The van der Waals surface area contributed by atoms with Gasteiger partial charge in [-0.15, -0.1) is 0 Å². The largest absolute Gasteiger partial charge is 0.484 e. The van der Waals surface area contributed by atoms with Gasteiger partial charge in [0.15, 0.2) is 12.4 Å². The average Bonchev–Trinajstić information content (AvgIpc) is 2.70. The van der Waals surface area contributed by atoms with E-state index in [1.54, 1.807) is 36.4 Å². The Morgan fingerprint density at radius 2 is 1.63 bits per heavy atom. The molecule has 0 fully saturated rings. The van der Waals surface area contributed by atoms with Gasteiger partial charge in [-0.05, 0) is 55.5 Å². The number of carbonyl (C=O) groups is 1. The van der Waals surface area contributed by atoms with Gasteiger partial charge in [-0.2, -0.15) is 5.26 Å². The lowest BCUT2D eigenvalue weighted by atomic mass is 10.2. The first-order chi connectivity index (χ1) is 13.1. The molecule has 0 saturated heterocycles. The van der Waals surface area contributed by atoms with Gasteiger partial charge in [-0.1, -0.05) is 29.8 Å². The van der Waals surface area contributed by atoms with Crippen molar-refractivity contribution in [3.8, 4) is 23.3 Å². The molecule has 27 heavy (non-hydrogen) atoms. The summed E-state index contributed by atoms with van der Waals surface area (Å²) in [4.78, 5) is 12.2. The summed E-state index contributed by atoms with van der Waals surface area (Å²) in [5, 5.41) is 11.6. The van der Waals surface area contributed by atoms with Crippen LogP contribution in [0.1, 0.15) is 11.1 Å². The predicted molar refractivity (Wildman–Crippen MR) is 103 cm³/mol. The van der Waals surface area contributed by atoms with Crippen molar-refractivity contribution in [2.24, 2.45) is 0 Å². The van der Waals surface area contributed by atoms with Crippen molar-refractivity contribution in [2.45, 2.75) is 6.92 Å². The van der Waals surface area contributed by atoms with E-state index in [1.807, 2.05) is 49.4 Å². The van der Waals surface area contributed by atoms with Crippen molar-refractivity contribution in [1.82, 2.24) is 0 Å². The van der Waals surface area contributed by atoms with E-state index in [2.05, 4.69) is 5.32 Å². The number of carbonyl (C=O) groups excluding carboxylic acids is 1. The smallest absolute Gasteiger partial charge is 0.262 e. The van der Waals surface area contributed by atoms with Gasteiger partial charge in [0.05, 0.1) is 17.3 Å². The highest BCUT2D eigenvalue weighted by atomic mass is 16.5. The topological polar surface area (TPSA) is 71.3 Å². The molecule has 3 aromatic rings. The summed E-state index contributed by atoms with van der Waals surface area (Å²) in [6.07, 6.45) is 0. The third-order valence-electron chi connectivity index (χ3n) is 3.76. The standard InChI is InChI=1S/C22H18N2O3/c1-16-6-10-19(11-7-16)27-21-5-3-2-4-20(21)24-22(25)15-26-18-12-8-17(14-23)9-13-18/h2-13H,15H2,1H3,(H,24,25). The molecule has 1 amide bonds. The first-order valence-corrected chi connectivity index (χ1v) is 8.40. The van der Waals surface area contributed by atoms with Crippen molar-refractivity contribution in [3.63, 3.8) is 0 Å². The van der Waals surface area contributed by atoms with Crippen LogP contribution < -0.4 is 14.8 Å². The van der Waals surface area contributed by atoms with Crippen molar-refractivity contribution >= 4 is 11.6 Å². The minimum Gasteiger partial charge on any atom is -0.484 e. The summed E-state index contributed by atoms with van der Waals surface area (Å²) in [7, 11) is 0. The summed E-state index contributed by atoms with van der Waals surface area (Å²) < 4.78 is 11.3. The van der Waals surface area contributed by atoms with Gasteiger partial charge in [0, 0.05) is 0 Å². The summed E-state index contributed by atoms with van der Waals surface area (Å²) in [6.45, 7) is 1.86. The average molecular weight is 358 g/mol. The first-order valence-electron chi connectivity index (χ1n) is 8.40. The zero-order valence-corrected chi connectivity index (χ0v) is 14.8. The van der Waals surface area contributed by atoms with Crippen LogP contribution in [0, 0.1) is 18.3 Å². The minimum atomic E-state index is -0.306. The second-order valence-electron chi connectivity index (χ2n) is 5.88. The molecule has 5 nitrogen and oxygen atoms in total. The van der Waals surface area contributed by atoms with E-state index in [9.17, 15) is 4.79 Å². The van der Waals surface area contributed by atoms with Crippen molar-refractivity contribution < 1.29 is 14.3 Å². The molecule has 0 unspecified atom stereocenters. The number of aryl methyl sites for hydroxylation is 1. The number of amides is 1. The third-order valence-corrected chi connectivity index (χ3v) is 3.76. The lowest BCUT2D eigenvalue weighted by Gasteiger charge is -2.13. The molecule has 3 aromatic carbocycles. The molecule has 134 valence electrons. The Labute approximate surface area is 157 Å². The maximum absolute atomic E-state index is 12.2. The molecule has 0 aliphatic carbocycles. The highest BCUT2D eigenvalue weighted by Crippen LogP contribution is 2.29. The second kappa shape index (κ2) is 8.54. The number of para-hydroxylation sites is 2. The van der Waals surface area contributed by atoms with Crippen LogP contribution in [-0.4, -0.2) is 12.5 Å². The highest BCUT2D eigenvalue weighted by Gasteiger charge is 2.09. The van der Waals surface area contributed by atoms with Gasteiger partial charge in [0.1, 0.15) is 11.5 Å². The van der Waals surface area contributed by atoms with Crippen molar-refractivity contribution in [1.29, 1.82) is 5.26 Å². The Morgan fingerprint density at radius 3 is 2.33 bits per heavy atom. The van der Waals surface area contributed by atoms with Crippen molar-refractivity contribution in [2.75, 3.05) is 11.9 Å². The van der Waals surface area contributed by atoms with Crippen LogP contribution in [0.3, 0.4) is 0 Å². The van der Waals surface area contributed by atoms with Crippen LogP contribution in [0.25, 0.3) is 0 Å². The van der Waals surface area contributed by atoms with Crippen LogP contribution in [0.5, 0.6) is 17.2 Å². The van der Waals surface area contributed by atoms with Crippen LogP contribution >= 0.6 is 0 Å². The van der Waals surface area contributed by atoms with Crippen molar-refractivity contribution in [3.05, 3.63) is 83.9 Å². The van der Waals surface area contributed by atoms with Crippen LogP contribution in [0.2, 0.25) is 0 Å². The minimum absolute atomic E-state index is 0.148. The number of rotatable bonds is 6. The van der Waals surface area contributed by atoms with Crippen LogP contribution in [0.4, 0.5) is 5.69 Å². The zero-order valence-electron chi connectivity index (χ0n) is 14.8. The van der Waals surface area contributed by atoms with Crippen LogP contribution in [-0.2, 0) is 4.79 Å². The molecular weight excluding hydrogens is 340 g/mol. The molecule has 0 aliphatic rings. The van der Waals surface area contributed by atoms with Gasteiger partial charge in [-0.3, -0.25) is 4.79 Å². The van der Waals surface area contributed by atoms with Crippen LogP contribution in [0.15, 0.2) is 72.8 Å². The Kier molecular flexibility index (Phi) is 5.70. The van der Waals surface area contributed by atoms with Gasteiger partial charge in [-0.25, -0.2) is 0 Å². The molecule has 0 spiro atoms. The molecule has 5 heteroatoms. The SMILES string of the molecule is Cc1ccc(Oc2ccccc2NC(=O)COc2ccc(C#N)cc2)cc1. The van der Waals surface area contributed by atoms with E-state index in [4.69, 9.17) is 14.7 Å². The van der Waals surface area contributed by atoms with E-state index < -0.39 is 0 Å². The summed E-state index contributed by atoms with van der Waals surface area (Å²) >= 11 is 0. The number of ether oxygens (including phenoxy) is 2. The van der Waals surface area contributed by atoms with Gasteiger partial charge >= 0.3 is 0 Å². The number of nitrogens with one attached hydrogen (secondary N) is 1. The Hall–Kier alpha value is -3.78. The second-order valence-corrected chi connectivity index (χ2v) is 5.88. The fourth-order valence-electron chi connectivity index (χ4n) is 2.35. The first kappa shape index (κ1) is 18.0. The molecule has 3 rings (SSSR count). The number of nitriles is 1. The monoisotopic (exact) mass is 358 g/mol. The third kappa shape index (κ3) is 5.10. The number of hydrogen-bond acceptors (Lipinski definition) is 4. The zero-order chi connectivity index (χ0) is 19.1. The lowest BCUT2D eigenvalue weighted by molar-refractivity contribution is -0.118. The normalized spacial score (nSPS) is 9.93. The molecule has 0 radical (unpaired) electrons. The van der Waals surface area contributed by atoms with Gasteiger partial charge in [0.25, 0.3) is 5.91 Å². The van der Waals surface area contributed by atoms with E-state index in [0.717, 1.165) is 5.56 Å². The number of anilines is 1. The number of nitrogens with zero attached hydrogens (tertiary/aromatic N) is 1. The fraction of sp³-hybridized carbons (Fsp3) is 0.0909. The molecular formula is C22H18N2O3. The molecule has 0 aliphatic heterocycles. The quantitative estimate of drug-likeness (QED) is 0.695. The molecule has 0 aromatic heterocycles. The molecule has 1 N–H and O–H groups in total. The molecule has 0 bridgehead atoms. The van der Waals surface area contributed by atoms with Gasteiger partial charge < -0.3 is 14.8 Å². The van der Waals surface area contributed by atoms with Gasteiger partial charge in [0.2, 0.25) is 0 Å². The Balaban J connectivity index is 1.62. The summed E-state index contributed by atoms with van der Waals surface area (Å²) in [6, 6.07) is 23.5. The summed E-state index contributed by atoms with van der Waals surface area (Å²) in [5.74, 6) is 1.46.